The van der Waals surface area contributed by atoms with E-state index < -0.39 is 0 Å². The van der Waals surface area contributed by atoms with Crippen molar-refractivity contribution in [3.8, 4) is 0 Å². The Morgan fingerprint density at radius 2 is 2.21 bits per heavy atom. The molecule has 0 aliphatic carbocycles. The van der Waals surface area contributed by atoms with Crippen LogP contribution in [0, 0.1) is 0 Å². The summed E-state index contributed by atoms with van der Waals surface area (Å²) in [6, 6.07) is 9.94. The fourth-order valence-electron chi connectivity index (χ4n) is 2.17. The minimum Gasteiger partial charge on any atom is -0.469 e. The van der Waals surface area contributed by atoms with Crippen LogP contribution in [0.25, 0.3) is 11.0 Å². The third-order valence-electron chi connectivity index (χ3n) is 3.07. The molecule has 0 amide bonds. The summed E-state index contributed by atoms with van der Waals surface area (Å²) in [4.78, 5) is 4.55. The van der Waals surface area contributed by atoms with Crippen LogP contribution >= 0.6 is 27.5 Å². The van der Waals surface area contributed by atoms with Crippen LogP contribution in [0.3, 0.4) is 0 Å². The Bertz CT molecular complexity index is 691. The largest absolute Gasteiger partial charge is 0.469 e. The summed E-state index contributed by atoms with van der Waals surface area (Å²) in [5.41, 5.74) is 2.06. The van der Waals surface area contributed by atoms with E-state index >= 15 is 0 Å². The molecule has 0 aliphatic rings. The van der Waals surface area contributed by atoms with Gasteiger partial charge in [-0.25, -0.2) is 4.98 Å². The number of hydrogen-bond donors (Lipinski definition) is 0. The maximum Gasteiger partial charge on any atom is 0.124 e. The molecule has 0 saturated carbocycles. The lowest BCUT2D eigenvalue weighted by Crippen LogP contribution is -2.04. The molecule has 1 aromatic carbocycles. The van der Waals surface area contributed by atoms with Crippen molar-refractivity contribution in [2.24, 2.45) is 0 Å². The number of aromatic nitrogens is 2. The van der Waals surface area contributed by atoms with Gasteiger partial charge in [0.25, 0.3) is 0 Å². The second-order valence-corrected chi connectivity index (χ2v) is 5.46. The van der Waals surface area contributed by atoms with Gasteiger partial charge in [-0.1, -0.05) is 15.9 Å². The predicted molar refractivity (Wildman–Crippen MR) is 79.4 cm³/mol. The molecule has 0 aliphatic heterocycles. The lowest BCUT2D eigenvalue weighted by Gasteiger charge is -2.06. The Morgan fingerprint density at radius 1 is 1.32 bits per heavy atom. The highest BCUT2D eigenvalue weighted by atomic mass is 79.9. The smallest absolute Gasteiger partial charge is 0.124 e. The molecule has 3 nitrogen and oxygen atoms in total. The van der Waals surface area contributed by atoms with Gasteiger partial charge in [0.05, 0.1) is 23.2 Å². The van der Waals surface area contributed by atoms with Crippen LogP contribution in [0.1, 0.15) is 11.6 Å². The van der Waals surface area contributed by atoms with Crippen LogP contribution < -0.4 is 0 Å². The third-order valence-corrected chi connectivity index (χ3v) is 3.80. The van der Waals surface area contributed by atoms with E-state index in [2.05, 4.69) is 31.5 Å². The van der Waals surface area contributed by atoms with Gasteiger partial charge in [-0.2, -0.15) is 0 Å². The van der Waals surface area contributed by atoms with Gasteiger partial charge >= 0.3 is 0 Å². The van der Waals surface area contributed by atoms with Gasteiger partial charge in [0.2, 0.25) is 0 Å². The van der Waals surface area contributed by atoms with Crippen molar-refractivity contribution < 1.29 is 4.42 Å². The van der Waals surface area contributed by atoms with Crippen molar-refractivity contribution in [1.82, 2.24) is 9.55 Å². The van der Waals surface area contributed by atoms with Crippen LogP contribution in [0.5, 0.6) is 0 Å². The molecule has 3 rings (SSSR count). The number of hydrogen-bond acceptors (Lipinski definition) is 2. The van der Waals surface area contributed by atoms with Crippen LogP contribution in [0.2, 0.25) is 0 Å². The summed E-state index contributed by atoms with van der Waals surface area (Å²) in [6.07, 6.45) is 2.52. The van der Waals surface area contributed by atoms with Crippen molar-refractivity contribution in [3.05, 3.63) is 52.7 Å². The molecule has 0 bridgehead atoms. The Balaban J connectivity index is 1.97. The topological polar surface area (TPSA) is 31.0 Å². The molecule has 5 heteroatoms. The van der Waals surface area contributed by atoms with Crippen LogP contribution in [0.4, 0.5) is 0 Å². The first kappa shape index (κ1) is 12.8. The second-order valence-electron chi connectivity index (χ2n) is 4.28. The van der Waals surface area contributed by atoms with E-state index in [0.717, 1.165) is 40.1 Å². The van der Waals surface area contributed by atoms with E-state index in [1.165, 1.54) is 0 Å². The molecular weight excluding hydrogens is 328 g/mol. The van der Waals surface area contributed by atoms with Crippen LogP contribution in [0.15, 0.2) is 45.5 Å². The first-order valence-corrected chi connectivity index (χ1v) is 7.33. The maximum absolute atomic E-state index is 5.99. The van der Waals surface area contributed by atoms with Gasteiger partial charge in [-0.15, -0.1) is 11.6 Å². The minimum atomic E-state index is 0.407. The molecular formula is C14H12BrClN2O. The lowest BCUT2D eigenvalue weighted by atomic mass is 10.3. The highest BCUT2D eigenvalue weighted by molar-refractivity contribution is 9.10. The highest BCUT2D eigenvalue weighted by Gasteiger charge is 2.10. The third kappa shape index (κ3) is 2.55. The lowest BCUT2D eigenvalue weighted by molar-refractivity contribution is 0.491. The fraction of sp³-hybridized carbons (Fsp3) is 0.214. The average molecular weight is 340 g/mol. The van der Waals surface area contributed by atoms with Gasteiger partial charge in [0, 0.05) is 17.4 Å². The maximum atomic E-state index is 5.99. The van der Waals surface area contributed by atoms with Gasteiger partial charge in [-0.05, 0) is 30.3 Å². The fourth-order valence-corrected chi connectivity index (χ4v) is 2.73. The Morgan fingerprint density at radius 3 is 2.95 bits per heavy atom. The first-order chi connectivity index (χ1) is 9.28. The molecule has 19 heavy (non-hydrogen) atoms. The molecule has 3 aromatic rings. The normalized spacial score (nSPS) is 11.3. The Hall–Kier alpha value is -1.26. The number of rotatable bonds is 4. The average Bonchev–Trinajstić information content (AvgIpc) is 3.03. The molecule has 2 aromatic heterocycles. The predicted octanol–water partition coefficient (Wildman–Crippen LogP) is 4.37. The van der Waals surface area contributed by atoms with Crippen molar-refractivity contribution in [3.63, 3.8) is 0 Å². The number of aryl methyl sites for hydroxylation is 2. The van der Waals surface area contributed by atoms with Crippen LogP contribution in [-0.4, -0.2) is 9.55 Å². The number of nitrogens with zero attached hydrogens (tertiary/aromatic N) is 2. The minimum absolute atomic E-state index is 0.407. The Kier molecular flexibility index (Phi) is 3.62. The summed E-state index contributed by atoms with van der Waals surface area (Å²) in [6.45, 7) is 0.808. The van der Waals surface area contributed by atoms with Crippen LogP contribution in [-0.2, 0) is 18.8 Å². The zero-order chi connectivity index (χ0) is 13.2. The molecule has 0 spiro atoms. The Labute approximate surface area is 124 Å². The number of alkyl halides is 1. The van der Waals surface area contributed by atoms with E-state index in [1.54, 1.807) is 6.26 Å². The molecule has 0 saturated heterocycles. The summed E-state index contributed by atoms with van der Waals surface area (Å²) >= 11 is 9.48. The molecule has 0 fully saturated rings. The number of benzene rings is 1. The van der Waals surface area contributed by atoms with Crippen molar-refractivity contribution in [2.45, 2.75) is 18.8 Å². The second kappa shape index (κ2) is 5.39. The van der Waals surface area contributed by atoms with Gasteiger partial charge in [-0.3, -0.25) is 0 Å². The summed E-state index contributed by atoms with van der Waals surface area (Å²) in [5, 5.41) is 0. The SMILES string of the molecule is ClCc1nc2ccc(Br)cc2n1CCc1ccco1. The summed E-state index contributed by atoms with van der Waals surface area (Å²) < 4.78 is 8.56. The molecule has 0 radical (unpaired) electrons. The van der Waals surface area contributed by atoms with E-state index in [1.807, 2.05) is 24.3 Å². The molecule has 0 N–H and O–H groups in total. The number of furan rings is 1. The summed E-state index contributed by atoms with van der Waals surface area (Å²) in [5.74, 6) is 2.27. The van der Waals surface area contributed by atoms with Crippen molar-refractivity contribution >= 4 is 38.6 Å². The van der Waals surface area contributed by atoms with Crippen molar-refractivity contribution in [1.29, 1.82) is 0 Å². The zero-order valence-electron chi connectivity index (χ0n) is 10.1. The van der Waals surface area contributed by atoms with E-state index in [-0.39, 0.29) is 0 Å². The number of imidazole rings is 1. The number of fused-ring (bicyclic) bond motifs is 1. The van der Waals surface area contributed by atoms with Gasteiger partial charge in [0.15, 0.2) is 0 Å². The molecule has 98 valence electrons. The quantitative estimate of drug-likeness (QED) is 0.661. The van der Waals surface area contributed by atoms with E-state index in [0.29, 0.717) is 5.88 Å². The van der Waals surface area contributed by atoms with Crippen molar-refractivity contribution in [2.75, 3.05) is 0 Å². The van der Waals surface area contributed by atoms with Gasteiger partial charge in [0.1, 0.15) is 11.6 Å². The zero-order valence-corrected chi connectivity index (χ0v) is 12.5. The molecule has 0 unspecified atom stereocenters. The molecule has 0 atom stereocenters. The molecule has 2 heterocycles. The van der Waals surface area contributed by atoms with E-state index in [4.69, 9.17) is 16.0 Å². The number of halogens is 2. The van der Waals surface area contributed by atoms with E-state index in [9.17, 15) is 0 Å². The highest BCUT2D eigenvalue weighted by Crippen LogP contribution is 2.22. The first-order valence-electron chi connectivity index (χ1n) is 6.01. The monoisotopic (exact) mass is 338 g/mol. The summed E-state index contributed by atoms with van der Waals surface area (Å²) in [7, 11) is 0. The standard InChI is InChI=1S/C14H12BrClN2O/c15-10-3-4-12-13(8-10)18(14(9-16)17-12)6-5-11-2-1-7-19-11/h1-4,7-8H,5-6,9H2. The van der Waals surface area contributed by atoms with Gasteiger partial charge < -0.3 is 8.98 Å².